The van der Waals surface area contributed by atoms with Crippen molar-refractivity contribution in [3.63, 3.8) is 0 Å². The molecule has 0 aliphatic rings. The molecular weight excluding hydrogens is 246 g/mol. The first-order valence-electron chi connectivity index (χ1n) is 5.56. The van der Waals surface area contributed by atoms with Crippen LogP contribution in [0.3, 0.4) is 0 Å². The van der Waals surface area contributed by atoms with Crippen LogP contribution >= 0.6 is 11.6 Å². The molecule has 0 saturated carbocycles. The number of alkyl halides is 1. The number of rotatable bonds is 3. The molecule has 0 unspecified atom stereocenters. The first-order chi connectivity index (χ1) is 8.72. The second-order valence-electron chi connectivity index (χ2n) is 3.99. The standard InChI is InChI=1S/C15H12ClNO/c1-11-3-2-4-14(7-11)18-15-6-5-12(9-16)8-13(15)10-17/h2-8H,9H2,1H3. The van der Waals surface area contributed by atoms with Gasteiger partial charge in [0.2, 0.25) is 0 Å². The molecule has 0 spiro atoms. The van der Waals surface area contributed by atoms with Gasteiger partial charge < -0.3 is 4.74 Å². The zero-order valence-electron chi connectivity index (χ0n) is 9.98. The lowest BCUT2D eigenvalue weighted by Gasteiger charge is -2.08. The maximum Gasteiger partial charge on any atom is 0.145 e. The average molecular weight is 258 g/mol. The number of aryl methyl sites for hydroxylation is 1. The van der Waals surface area contributed by atoms with Gasteiger partial charge in [0, 0.05) is 5.88 Å². The molecule has 0 atom stereocenters. The average Bonchev–Trinajstić information content (AvgIpc) is 2.39. The van der Waals surface area contributed by atoms with Crippen molar-refractivity contribution in [2.24, 2.45) is 0 Å². The first kappa shape index (κ1) is 12.5. The highest BCUT2D eigenvalue weighted by molar-refractivity contribution is 6.17. The Balaban J connectivity index is 2.32. The van der Waals surface area contributed by atoms with E-state index in [1.807, 2.05) is 37.3 Å². The fourth-order valence-corrected chi connectivity index (χ4v) is 1.81. The van der Waals surface area contributed by atoms with E-state index in [0.717, 1.165) is 16.9 Å². The molecule has 2 aromatic carbocycles. The summed E-state index contributed by atoms with van der Waals surface area (Å²) in [5, 5.41) is 9.10. The molecule has 18 heavy (non-hydrogen) atoms. The van der Waals surface area contributed by atoms with Gasteiger partial charge in [0.25, 0.3) is 0 Å². The van der Waals surface area contributed by atoms with Gasteiger partial charge in [-0.05, 0) is 42.3 Å². The summed E-state index contributed by atoms with van der Waals surface area (Å²) in [7, 11) is 0. The number of ether oxygens (including phenoxy) is 1. The van der Waals surface area contributed by atoms with Crippen LogP contribution in [0.2, 0.25) is 0 Å². The van der Waals surface area contributed by atoms with Crippen molar-refractivity contribution < 1.29 is 4.74 Å². The number of benzene rings is 2. The number of hydrogen-bond donors (Lipinski definition) is 0. The maximum absolute atomic E-state index is 9.10. The second kappa shape index (κ2) is 5.57. The second-order valence-corrected chi connectivity index (χ2v) is 4.26. The third-order valence-electron chi connectivity index (χ3n) is 2.54. The Morgan fingerprint density at radius 1 is 1.22 bits per heavy atom. The third-order valence-corrected chi connectivity index (χ3v) is 2.84. The van der Waals surface area contributed by atoms with Gasteiger partial charge >= 0.3 is 0 Å². The van der Waals surface area contributed by atoms with E-state index < -0.39 is 0 Å². The van der Waals surface area contributed by atoms with Crippen LogP contribution in [0.1, 0.15) is 16.7 Å². The Hall–Kier alpha value is -1.98. The minimum atomic E-state index is 0.388. The largest absolute Gasteiger partial charge is 0.456 e. The molecule has 2 aromatic rings. The summed E-state index contributed by atoms with van der Waals surface area (Å²) in [6, 6.07) is 15.2. The summed E-state index contributed by atoms with van der Waals surface area (Å²) >= 11 is 5.74. The zero-order chi connectivity index (χ0) is 13.0. The molecule has 90 valence electrons. The minimum absolute atomic E-state index is 0.388. The first-order valence-corrected chi connectivity index (χ1v) is 6.10. The van der Waals surface area contributed by atoms with E-state index in [1.54, 1.807) is 12.1 Å². The zero-order valence-corrected chi connectivity index (χ0v) is 10.7. The summed E-state index contributed by atoms with van der Waals surface area (Å²) in [5.74, 6) is 1.67. The quantitative estimate of drug-likeness (QED) is 0.764. The molecule has 0 saturated heterocycles. The Kier molecular flexibility index (Phi) is 3.86. The predicted molar refractivity (Wildman–Crippen MR) is 72.0 cm³/mol. The normalized spacial score (nSPS) is 9.83. The summed E-state index contributed by atoms with van der Waals surface area (Å²) in [6.07, 6.45) is 0. The van der Waals surface area contributed by atoms with Crippen molar-refractivity contribution in [3.05, 3.63) is 59.2 Å². The van der Waals surface area contributed by atoms with Crippen LogP contribution in [-0.4, -0.2) is 0 Å². The highest BCUT2D eigenvalue weighted by Gasteiger charge is 2.06. The Morgan fingerprint density at radius 3 is 2.72 bits per heavy atom. The van der Waals surface area contributed by atoms with Crippen molar-refractivity contribution in [2.45, 2.75) is 12.8 Å². The number of halogens is 1. The molecule has 0 heterocycles. The van der Waals surface area contributed by atoms with Gasteiger partial charge in [-0.3, -0.25) is 0 Å². The topological polar surface area (TPSA) is 33.0 Å². The molecule has 0 N–H and O–H groups in total. The fraction of sp³-hybridized carbons (Fsp3) is 0.133. The molecule has 2 nitrogen and oxygen atoms in total. The van der Waals surface area contributed by atoms with Crippen LogP contribution in [0.5, 0.6) is 11.5 Å². The molecule has 3 heteroatoms. The van der Waals surface area contributed by atoms with Crippen LogP contribution in [0.4, 0.5) is 0 Å². The lowest BCUT2D eigenvalue weighted by molar-refractivity contribution is 0.480. The molecule has 0 fully saturated rings. The lowest BCUT2D eigenvalue weighted by Crippen LogP contribution is -1.90. The molecule has 0 radical (unpaired) electrons. The van der Waals surface area contributed by atoms with Gasteiger partial charge in [0.1, 0.15) is 17.6 Å². The maximum atomic E-state index is 9.10. The van der Waals surface area contributed by atoms with Crippen molar-refractivity contribution >= 4 is 11.6 Å². The lowest BCUT2D eigenvalue weighted by atomic mass is 10.1. The molecular formula is C15H12ClNO. The molecule has 0 aliphatic carbocycles. The third kappa shape index (κ3) is 2.82. The summed E-state index contributed by atoms with van der Waals surface area (Å²) in [5.41, 5.74) is 2.52. The molecule has 0 bridgehead atoms. The van der Waals surface area contributed by atoms with E-state index in [4.69, 9.17) is 21.6 Å². The highest BCUT2D eigenvalue weighted by atomic mass is 35.5. The van der Waals surface area contributed by atoms with Crippen LogP contribution in [-0.2, 0) is 5.88 Å². The Morgan fingerprint density at radius 2 is 2.06 bits per heavy atom. The van der Waals surface area contributed by atoms with Crippen LogP contribution in [0.25, 0.3) is 0 Å². The van der Waals surface area contributed by atoms with Gasteiger partial charge in [0.05, 0.1) is 5.56 Å². The van der Waals surface area contributed by atoms with E-state index in [2.05, 4.69) is 6.07 Å². The molecule has 0 amide bonds. The molecule has 2 rings (SSSR count). The van der Waals surface area contributed by atoms with E-state index >= 15 is 0 Å². The van der Waals surface area contributed by atoms with E-state index in [-0.39, 0.29) is 0 Å². The monoisotopic (exact) mass is 257 g/mol. The van der Waals surface area contributed by atoms with Gasteiger partial charge in [-0.2, -0.15) is 5.26 Å². The van der Waals surface area contributed by atoms with E-state index in [0.29, 0.717) is 17.2 Å². The Labute approximate surface area is 111 Å². The van der Waals surface area contributed by atoms with Gasteiger partial charge in [0.15, 0.2) is 0 Å². The highest BCUT2D eigenvalue weighted by Crippen LogP contribution is 2.26. The predicted octanol–water partition coefficient (Wildman–Crippen LogP) is 4.40. The van der Waals surface area contributed by atoms with Crippen molar-refractivity contribution in [1.82, 2.24) is 0 Å². The van der Waals surface area contributed by atoms with Gasteiger partial charge in [-0.1, -0.05) is 18.2 Å². The summed E-state index contributed by atoms with van der Waals surface area (Å²) in [4.78, 5) is 0. The molecule has 0 aromatic heterocycles. The number of nitriles is 1. The van der Waals surface area contributed by atoms with Crippen molar-refractivity contribution in [3.8, 4) is 17.6 Å². The molecule has 0 aliphatic heterocycles. The fourth-order valence-electron chi connectivity index (χ4n) is 1.64. The van der Waals surface area contributed by atoms with Crippen molar-refractivity contribution in [2.75, 3.05) is 0 Å². The number of nitrogens with zero attached hydrogens (tertiary/aromatic N) is 1. The van der Waals surface area contributed by atoms with Gasteiger partial charge in [-0.25, -0.2) is 0 Å². The van der Waals surface area contributed by atoms with E-state index in [1.165, 1.54) is 0 Å². The van der Waals surface area contributed by atoms with Crippen LogP contribution in [0, 0.1) is 18.3 Å². The van der Waals surface area contributed by atoms with Crippen molar-refractivity contribution in [1.29, 1.82) is 5.26 Å². The number of hydrogen-bond acceptors (Lipinski definition) is 2. The van der Waals surface area contributed by atoms with Crippen LogP contribution < -0.4 is 4.74 Å². The Bertz CT molecular complexity index is 602. The van der Waals surface area contributed by atoms with E-state index in [9.17, 15) is 0 Å². The smallest absolute Gasteiger partial charge is 0.145 e. The van der Waals surface area contributed by atoms with Gasteiger partial charge in [-0.15, -0.1) is 11.6 Å². The summed E-state index contributed by atoms with van der Waals surface area (Å²) in [6.45, 7) is 1.99. The van der Waals surface area contributed by atoms with Crippen LogP contribution in [0.15, 0.2) is 42.5 Å². The SMILES string of the molecule is Cc1cccc(Oc2ccc(CCl)cc2C#N)c1. The minimum Gasteiger partial charge on any atom is -0.456 e. The summed E-state index contributed by atoms with van der Waals surface area (Å²) < 4.78 is 5.72.